The van der Waals surface area contributed by atoms with E-state index in [4.69, 9.17) is 4.74 Å². The van der Waals surface area contributed by atoms with Crippen LogP contribution in [0.3, 0.4) is 0 Å². The summed E-state index contributed by atoms with van der Waals surface area (Å²) in [5.74, 6) is 1.88. The maximum Gasteiger partial charge on any atom is 0.216 e. The SMILES string of the molecule is CCOc1cc(C)nc(C(C)C)n1. The highest BCUT2D eigenvalue weighted by molar-refractivity contribution is 5.16. The van der Waals surface area contributed by atoms with Crippen LogP contribution in [0.5, 0.6) is 5.88 Å². The van der Waals surface area contributed by atoms with Gasteiger partial charge >= 0.3 is 0 Å². The number of rotatable bonds is 3. The molecule has 13 heavy (non-hydrogen) atoms. The summed E-state index contributed by atoms with van der Waals surface area (Å²) in [4.78, 5) is 8.61. The minimum absolute atomic E-state index is 0.346. The molecule has 0 fully saturated rings. The highest BCUT2D eigenvalue weighted by Gasteiger charge is 2.05. The van der Waals surface area contributed by atoms with Crippen molar-refractivity contribution in [2.45, 2.75) is 33.6 Å². The second kappa shape index (κ2) is 4.21. The molecular formula is C10H16N2O. The largest absolute Gasteiger partial charge is 0.478 e. The third-order valence-electron chi connectivity index (χ3n) is 1.66. The molecule has 0 atom stereocenters. The molecule has 1 heterocycles. The Morgan fingerprint density at radius 2 is 2.08 bits per heavy atom. The van der Waals surface area contributed by atoms with Crippen LogP contribution in [-0.4, -0.2) is 16.6 Å². The Labute approximate surface area is 79.2 Å². The minimum Gasteiger partial charge on any atom is -0.478 e. The molecule has 0 amide bonds. The standard InChI is InChI=1S/C10H16N2O/c1-5-13-9-6-8(4)11-10(12-9)7(2)3/h6-7H,5H2,1-4H3. The molecule has 0 aliphatic carbocycles. The van der Waals surface area contributed by atoms with Gasteiger partial charge in [-0.1, -0.05) is 13.8 Å². The summed E-state index contributed by atoms with van der Waals surface area (Å²) >= 11 is 0. The van der Waals surface area contributed by atoms with Gasteiger partial charge in [0.1, 0.15) is 5.82 Å². The lowest BCUT2D eigenvalue weighted by Gasteiger charge is -2.07. The van der Waals surface area contributed by atoms with Crippen LogP contribution < -0.4 is 4.74 Å². The van der Waals surface area contributed by atoms with Crippen LogP contribution in [-0.2, 0) is 0 Å². The predicted octanol–water partition coefficient (Wildman–Crippen LogP) is 2.31. The Morgan fingerprint density at radius 3 is 2.62 bits per heavy atom. The van der Waals surface area contributed by atoms with Gasteiger partial charge in [-0.05, 0) is 13.8 Å². The van der Waals surface area contributed by atoms with Crippen molar-refractivity contribution < 1.29 is 4.74 Å². The van der Waals surface area contributed by atoms with Crippen molar-refractivity contribution in [2.24, 2.45) is 0 Å². The summed E-state index contributed by atoms with van der Waals surface area (Å²) in [6, 6.07) is 1.86. The van der Waals surface area contributed by atoms with Crippen LogP contribution in [0, 0.1) is 6.92 Å². The smallest absolute Gasteiger partial charge is 0.216 e. The van der Waals surface area contributed by atoms with E-state index in [2.05, 4.69) is 23.8 Å². The zero-order valence-electron chi connectivity index (χ0n) is 8.66. The fourth-order valence-electron chi connectivity index (χ4n) is 1.04. The van der Waals surface area contributed by atoms with E-state index in [9.17, 15) is 0 Å². The van der Waals surface area contributed by atoms with E-state index in [1.807, 2.05) is 19.9 Å². The first-order valence-electron chi connectivity index (χ1n) is 4.62. The van der Waals surface area contributed by atoms with Gasteiger partial charge in [-0.3, -0.25) is 0 Å². The number of hydrogen-bond donors (Lipinski definition) is 0. The Morgan fingerprint density at radius 1 is 1.38 bits per heavy atom. The first-order chi connectivity index (χ1) is 6.13. The zero-order chi connectivity index (χ0) is 9.84. The maximum atomic E-state index is 5.33. The molecule has 0 aliphatic heterocycles. The summed E-state index contributed by atoms with van der Waals surface area (Å²) in [5, 5.41) is 0. The lowest BCUT2D eigenvalue weighted by Crippen LogP contribution is -2.03. The lowest BCUT2D eigenvalue weighted by molar-refractivity contribution is 0.324. The van der Waals surface area contributed by atoms with Gasteiger partial charge in [-0.25, -0.2) is 4.98 Å². The normalized spacial score (nSPS) is 10.5. The number of hydrogen-bond acceptors (Lipinski definition) is 3. The van der Waals surface area contributed by atoms with E-state index in [-0.39, 0.29) is 0 Å². The molecule has 0 N–H and O–H groups in total. The van der Waals surface area contributed by atoms with E-state index in [0.29, 0.717) is 18.4 Å². The quantitative estimate of drug-likeness (QED) is 0.716. The van der Waals surface area contributed by atoms with E-state index in [1.165, 1.54) is 0 Å². The molecule has 0 radical (unpaired) electrons. The Balaban J connectivity index is 2.96. The van der Waals surface area contributed by atoms with Crippen LogP contribution in [0.25, 0.3) is 0 Å². The van der Waals surface area contributed by atoms with Crippen LogP contribution in [0.2, 0.25) is 0 Å². The molecule has 0 saturated heterocycles. The summed E-state index contributed by atoms with van der Waals surface area (Å²) in [7, 11) is 0. The maximum absolute atomic E-state index is 5.33. The zero-order valence-corrected chi connectivity index (χ0v) is 8.66. The second-order valence-electron chi connectivity index (χ2n) is 3.29. The van der Waals surface area contributed by atoms with Gasteiger partial charge in [-0.2, -0.15) is 4.98 Å². The average molecular weight is 180 g/mol. The van der Waals surface area contributed by atoms with Gasteiger partial charge in [0, 0.05) is 17.7 Å². The first-order valence-corrected chi connectivity index (χ1v) is 4.62. The van der Waals surface area contributed by atoms with Crippen LogP contribution in [0.4, 0.5) is 0 Å². The summed E-state index contributed by atoms with van der Waals surface area (Å²) in [6.07, 6.45) is 0. The molecule has 0 saturated carbocycles. The van der Waals surface area contributed by atoms with Crippen molar-refractivity contribution in [3.8, 4) is 5.88 Å². The van der Waals surface area contributed by atoms with Gasteiger partial charge < -0.3 is 4.74 Å². The monoisotopic (exact) mass is 180 g/mol. The molecule has 0 unspecified atom stereocenters. The molecule has 1 rings (SSSR count). The number of nitrogens with zero attached hydrogens (tertiary/aromatic N) is 2. The van der Waals surface area contributed by atoms with Gasteiger partial charge in [0.2, 0.25) is 5.88 Å². The highest BCUT2D eigenvalue weighted by atomic mass is 16.5. The molecule has 0 spiro atoms. The van der Waals surface area contributed by atoms with Crippen LogP contribution >= 0.6 is 0 Å². The molecule has 1 aromatic heterocycles. The molecule has 0 bridgehead atoms. The Bertz CT molecular complexity index is 284. The van der Waals surface area contributed by atoms with Crippen molar-refractivity contribution in [3.05, 3.63) is 17.6 Å². The fourth-order valence-corrected chi connectivity index (χ4v) is 1.04. The van der Waals surface area contributed by atoms with E-state index >= 15 is 0 Å². The average Bonchev–Trinajstić information content (AvgIpc) is 2.03. The molecule has 3 heteroatoms. The van der Waals surface area contributed by atoms with Crippen molar-refractivity contribution >= 4 is 0 Å². The number of aryl methyl sites for hydroxylation is 1. The van der Waals surface area contributed by atoms with Gasteiger partial charge in [0.15, 0.2) is 0 Å². The summed E-state index contributed by atoms with van der Waals surface area (Å²) in [6.45, 7) is 8.70. The third kappa shape index (κ3) is 2.68. The van der Waals surface area contributed by atoms with Crippen molar-refractivity contribution in [1.82, 2.24) is 9.97 Å². The molecule has 1 aromatic rings. The third-order valence-corrected chi connectivity index (χ3v) is 1.66. The highest BCUT2D eigenvalue weighted by Crippen LogP contribution is 2.14. The summed E-state index contributed by atoms with van der Waals surface area (Å²) in [5.41, 5.74) is 0.960. The lowest BCUT2D eigenvalue weighted by atomic mass is 10.2. The second-order valence-corrected chi connectivity index (χ2v) is 3.29. The van der Waals surface area contributed by atoms with Gasteiger partial charge in [0.05, 0.1) is 6.61 Å². The summed E-state index contributed by atoms with van der Waals surface area (Å²) < 4.78 is 5.33. The van der Waals surface area contributed by atoms with E-state index in [1.54, 1.807) is 0 Å². The molecular weight excluding hydrogens is 164 g/mol. The number of aromatic nitrogens is 2. The van der Waals surface area contributed by atoms with Crippen molar-refractivity contribution in [1.29, 1.82) is 0 Å². The fraction of sp³-hybridized carbons (Fsp3) is 0.600. The van der Waals surface area contributed by atoms with E-state index in [0.717, 1.165) is 11.5 Å². The van der Waals surface area contributed by atoms with Crippen LogP contribution in [0.15, 0.2) is 6.07 Å². The van der Waals surface area contributed by atoms with Crippen LogP contribution in [0.1, 0.15) is 38.2 Å². The van der Waals surface area contributed by atoms with Crippen molar-refractivity contribution in [2.75, 3.05) is 6.61 Å². The number of ether oxygens (including phenoxy) is 1. The topological polar surface area (TPSA) is 35.0 Å². The minimum atomic E-state index is 0.346. The van der Waals surface area contributed by atoms with Gasteiger partial charge in [0.25, 0.3) is 0 Å². The van der Waals surface area contributed by atoms with Crippen molar-refractivity contribution in [3.63, 3.8) is 0 Å². The van der Waals surface area contributed by atoms with E-state index < -0.39 is 0 Å². The van der Waals surface area contributed by atoms with Gasteiger partial charge in [-0.15, -0.1) is 0 Å². The molecule has 3 nitrogen and oxygen atoms in total. The molecule has 72 valence electrons. The predicted molar refractivity (Wildman–Crippen MR) is 52.0 cm³/mol. The first kappa shape index (κ1) is 9.96. The Kier molecular flexibility index (Phi) is 3.23. The molecule has 0 aliphatic rings. The molecule has 0 aromatic carbocycles. The Hall–Kier alpha value is -1.12.